The predicted octanol–water partition coefficient (Wildman–Crippen LogP) is 3.64. The maximum Gasteiger partial charge on any atom is 0.228 e. The van der Waals surface area contributed by atoms with Gasteiger partial charge in [-0.2, -0.15) is 0 Å². The summed E-state index contributed by atoms with van der Waals surface area (Å²) in [5.74, 6) is -0.238. The van der Waals surface area contributed by atoms with Crippen molar-refractivity contribution in [3.05, 3.63) is 52.2 Å². The number of likely N-dealkylation sites (tertiary alicyclic amines) is 1. The fourth-order valence-electron chi connectivity index (χ4n) is 5.60. The van der Waals surface area contributed by atoms with Gasteiger partial charge in [0.1, 0.15) is 0 Å². The number of carbonyl (C=O) groups is 3. The van der Waals surface area contributed by atoms with Crippen LogP contribution in [-0.4, -0.2) is 66.9 Å². The highest BCUT2D eigenvalue weighted by atomic mass is 32.1. The molecule has 0 bridgehead atoms. The SMILES string of the molecule is Cc1ccc(N2C(=O)CCC(C(=O)N3CCCC(C(=O)N4CCOCC4)C3)C2c2cccs2)cc1. The first kappa shape index (κ1) is 24.0. The van der Waals surface area contributed by atoms with E-state index in [1.165, 1.54) is 0 Å². The summed E-state index contributed by atoms with van der Waals surface area (Å²) in [6.45, 7) is 5.55. The number of rotatable bonds is 4. The Morgan fingerprint density at radius 3 is 2.46 bits per heavy atom. The van der Waals surface area contributed by atoms with Gasteiger partial charge in [-0.25, -0.2) is 0 Å². The molecule has 0 saturated carbocycles. The van der Waals surface area contributed by atoms with E-state index >= 15 is 0 Å². The zero-order chi connectivity index (χ0) is 24.4. The molecule has 0 aliphatic carbocycles. The average molecular weight is 496 g/mol. The number of nitrogens with zero attached hydrogens (tertiary/aromatic N) is 3. The minimum Gasteiger partial charge on any atom is -0.378 e. The van der Waals surface area contributed by atoms with Crippen LogP contribution < -0.4 is 4.90 Å². The lowest BCUT2D eigenvalue weighted by molar-refractivity contribution is -0.146. The second-order valence-corrected chi connectivity index (χ2v) is 10.7. The summed E-state index contributed by atoms with van der Waals surface area (Å²) in [7, 11) is 0. The Kier molecular flexibility index (Phi) is 7.20. The Balaban J connectivity index is 1.39. The van der Waals surface area contributed by atoms with Crippen LogP contribution in [0.25, 0.3) is 0 Å². The third-order valence-electron chi connectivity index (χ3n) is 7.47. The molecule has 3 aliphatic heterocycles. The molecule has 3 aliphatic rings. The van der Waals surface area contributed by atoms with Gasteiger partial charge in [-0.3, -0.25) is 14.4 Å². The van der Waals surface area contributed by atoms with Gasteiger partial charge >= 0.3 is 0 Å². The van der Waals surface area contributed by atoms with Crippen molar-refractivity contribution in [3.63, 3.8) is 0 Å². The molecule has 4 heterocycles. The van der Waals surface area contributed by atoms with E-state index in [1.807, 2.05) is 63.4 Å². The van der Waals surface area contributed by atoms with Gasteiger partial charge in [0.05, 0.1) is 31.1 Å². The first-order valence-electron chi connectivity index (χ1n) is 12.6. The quantitative estimate of drug-likeness (QED) is 0.650. The molecular weight excluding hydrogens is 462 g/mol. The molecule has 3 amide bonds. The monoisotopic (exact) mass is 495 g/mol. The van der Waals surface area contributed by atoms with E-state index in [1.54, 1.807) is 11.3 Å². The maximum atomic E-state index is 14.0. The smallest absolute Gasteiger partial charge is 0.228 e. The standard InChI is InChI=1S/C27H33N3O4S/c1-19-6-8-21(9-7-19)30-24(31)11-10-22(25(30)23-5-3-17-35-23)27(33)29-12-2-4-20(18-29)26(32)28-13-15-34-16-14-28/h3,5-9,17,20,22,25H,2,4,10-16,18H2,1H3. The minimum atomic E-state index is -0.332. The lowest BCUT2D eigenvalue weighted by Gasteiger charge is -2.43. The number of carbonyl (C=O) groups excluding carboxylic acids is 3. The summed E-state index contributed by atoms with van der Waals surface area (Å²) in [6.07, 6.45) is 2.51. The number of anilines is 1. The Hall–Kier alpha value is -2.71. The molecular formula is C27H33N3O4S. The number of aryl methyl sites for hydroxylation is 1. The Morgan fingerprint density at radius 2 is 1.74 bits per heavy atom. The van der Waals surface area contributed by atoms with E-state index in [9.17, 15) is 14.4 Å². The molecule has 3 fully saturated rings. The van der Waals surface area contributed by atoms with Crippen LogP contribution >= 0.6 is 11.3 Å². The Morgan fingerprint density at radius 1 is 0.971 bits per heavy atom. The molecule has 1 aromatic heterocycles. The third-order valence-corrected chi connectivity index (χ3v) is 8.41. The number of thiophene rings is 1. The van der Waals surface area contributed by atoms with Crippen LogP contribution in [0.15, 0.2) is 41.8 Å². The zero-order valence-electron chi connectivity index (χ0n) is 20.2. The molecule has 3 atom stereocenters. The molecule has 3 unspecified atom stereocenters. The van der Waals surface area contributed by atoms with Gasteiger partial charge in [-0.1, -0.05) is 23.8 Å². The molecule has 35 heavy (non-hydrogen) atoms. The normalized spacial score (nSPS) is 25.6. The Labute approximate surface area is 210 Å². The number of ether oxygens (including phenoxy) is 1. The summed E-state index contributed by atoms with van der Waals surface area (Å²) < 4.78 is 5.40. The topological polar surface area (TPSA) is 70.2 Å². The van der Waals surface area contributed by atoms with Gasteiger partial charge < -0.3 is 19.4 Å². The van der Waals surface area contributed by atoms with Gasteiger partial charge in [0.15, 0.2) is 0 Å². The lowest BCUT2D eigenvalue weighted by Crippen LogP contribution is -2.53. The first-order chi connectivity index (χ1) is 17.0. The minimum absolute atomic E-state index is 0.0512. The van der Waals surface area contributed by atoms with Crippen LogP contribution in [0, 0.1) is 18.8 Å². The van der Waals surface area contributed by atoms with Gasteiger partial charge in [0.25, 0.3) is 0 Å². The second-order valence-electron chi connectivity index (χ2n) is 9.77. The van der Waals surface area contributed by atoms with Crippen LogP contribution in [0.3, 0.4) is 0 Å². The summed E-state index contributed by atoms with van der Waals surface area (Å²) in [5.41, 5.74) is 1.96. The van der Waals surface area contributed by atoms with Crippen molar-refractivity contribution in [1.82, 2.24) is 9.80 Å². The molecule has 186 valence electrons. The highest BCUT2D eigenvalue weighted by molar-refractivity contribution is 7.10. The number of hydrogen-bond donors (Lipinski definition) is 0. The number of benzene rings is 1. The van der Waals surface area contributed by atoms with Crippen LogP contribution in [0.1, 0.15) is 42.2 Å². The first-order valence-corrected chi connectivity index (χ1v) is 13.5. The fourth-order valence-corrected chi connectivity index (χ4v) is 6.48. The van der Waals surface area contributed by atoms with Gasteiger partial charge in [0, 0.05) is 43.2 Å². The zero-order valence-corrected chi connectivity index (χ0v) is 21.0. The molecule has 7 nitrogen and oxygen atoms in total. The van der Waals surface area contributed by atoms with E-state index in [2.05, 4.69) is 0 Å². The van der Waals surface area contributed by atoms with Crippen molar-refractivity contribution in [2.24, 2.45) is 11.8 Å². The van der Waals surface area contributed by atoms with Crippen molar-refractivity contribution in [1.29, 1.82) is 0 Å². The predicted molar refractivity (Wildman–Crippen MR) is 135 cm³/mol. The second kappa shape index (κ2) is 10.5. The van der Waals surface area contributed by atoms with Crippen molar-refractivity contribution < 1.29 is 19.1 Å². The van der Waals surface area contributed by atoms with Gasteiger partial charge in [-0.05, 0) is 49.8 Å². The van der Waals surface area contributed by atoms with Crippen molar-refractivity contribution >= 4 is 34.7 Å². The number of amides is 3. The number of hydrogen-bond acceptors (Lipinski definition) is 5. The highest BCUT2D eigenvalue weighted by Crippen LogP contribution is 2.42. The molecule has 0 N–H and O–H groups in total. The van der Waals surface area contributed by atoms with Gasteiger partial charge in [-0.15, -0.1) is 11.3 Å². The summed E-state index contributed by atoms with van der Waals surface area (Å²) >= 11 is 1.59. The highest BCUT2D eigenvalue weighted by Gasteiger charge is 2.44. The third kappa shape index (κ3) is 5.00. The van der Waals surface area contributed by atoms with Crippen LogP contribution in [-0.2, 0) is 19.1 Å². The number of morpholine rings is 1. The van der Waals surface area contributed by atoms with Crippen LogP contribution in [0.4, 0.5) is 5.69 Å². The fraction of sp³-hybridized carbons (Fsp3) is 0.519. The summed E-state index contributed by atoms with van der Waals surface area (Å²) in [5, 5.41) is 2.00. The van der Waals surface area contributed by atoms with E-state index < -0.39 is 0 Å². The summed E-state index contributed by atoms with van der Waals surface area (Å²) in [4.78, 5) is 46.9. The lowest BCUT2D eigenvalue weighted by atomic mass is 9.84. The molecule has 8 heteroatoms. The van der Waals surface area contributed by atoms with Crippen molar-refractivity contribution in [2.45, 2.75) is 38.6 Å². The maximum absolute atomic E-state index is 14.0. The van der Waals surface area contributed by atoms with Crippen LogP contribution in [0.5, 0.6) is 0 Å². The largest absolute Gasteiger partial charge is 0.378 e. The number of piperidine rings is 2. The average Bonchev–Trinajstić information content (AvgIpc) is 3.44. The van der Waals surface area contributed by atoms with Crippen molar-refractivity contribution in [2.75, 3.05) is 44.3 Å². The van der Waals surface area contributed by atoms with E-state index in [0.717, 1.165) is 29.0 Å². The molecule has 0 radical (unpaired) electrons. The molecule has 1 aromatic carbocycles. The van der Waals surface area contributed by atoms with Crippen molar-refractivity contribution in [3.8, 4) is 0 Å². The molecule has 0 spiro atoms. The van der Waals surface area contributed by atoms with E-state index in [-0.39, 0.29) is 35.6 Å². The molecule has 3 saturated heterocycles. The van der Waals surface area contributed by atoms with E-state index in [4.69, 9.17) is 4.74 Å². The molecule has 5 rings (SSSR count). The van der Waals surface area contributed by atoms with Gasteiger partial charge in [0.2, 0.25) is 17.7 Å². The Bertz CT molecular complexity index is 1050. The summed E-state index contributed by atoms with van der Waals surface area (Å²) in [6, 6.07) is 11.6. The van der Waals surface area contributed by atoms with E-state index in [0.29, 0.717) is 52.2 Å². The van der Waals surface area contributed by atoms with Crippen LogP contribution in [0.2, 0.25) is 0 Å². The molecule has 2 aromatic rings.